The third kappa shape index (κ3) is 3.89. The second kappa shape index (κ2) is 7.77. The fourth-order valence-corrected chi connectivity index (χ4v) is 5.55. The minimum Gasteiger partial charge on any atom is -0.342 e. The maximum Gasteiger partial charge on any atom is 0.246 e. The summed E-state index contributed by atoms with van der Waals surface area (Å²) in [7, 11) is 0. The van der Waals surface area contributed by atoms with Gasteiger partial charge in [-0.1, -0.05) is 27.2 Å². The molecule has 0 saturated carbocycles. The lowest BCUT2D eigenvalue weighted by atomic mass is 9.93. The molecule has 4 unspecified atom stereocenters. The van der Waals surface area contributed by atoms with Gasteiger partial charge in [0, 0.05) is 29.1 Å². The molecule has 4 nitrogen and oxygen atoms in total. The molecular weight excluding hydrogens is 304 g/mol. The Morgan fingerprint density at radius 1 is 1.33 bits per heavy atom. The van der Waals surface area contributed by atoms with Crippen LogP contribution < -0.4 is 5.32 Å². The first-order valence-electron chi connectivity index (χ1n) is 7.88. The van der Waals surface area contributed by atoms with E-state index in [9.17, 15) is 9.59 Å². The van der Waals surface area contributed by atoms with Crippen LogP contribution in [-0.4, -0.2) is 57.9 Å². The van der Waals surface area contributed by atoms with Crippen LogP contribution in [0.15, 0.2) is 0 Å². The topological polar surface area (TPSA) is 49.4 Å². The predicted octanol–water partition coefficient (Wildman–Crippen LogP) is 1.99. The van der Waals surface area contributed by atoms with Crippen molar-refractivity contribution in [3.63, 3.8) is 0 Å². The predicted molar refractivity (Wildman–Crippen MR) is 90.7 cm³/mol. The van der Waals surface area contributed by atoms with Gasteiger partial charge >= 0.3 is 0 Å². The quantitative estimate of drug-likeness (QED) is 0.837. The summed E-state index contributed by atoms with van der Waals surface area (Å²) in [6.07, 6.45) is 1.59. The van der Waals surface area contributed by atoms with E-state index in [1.807, 2.05) is 42.3 Å². The van der Waals surface area contributed by atoms with Crippen molar-refractivity contribution in [2.45, 2.75) is 50.9 Å². The molecule has 1 N–H and O–H groups in total. The molecule has 21 heavy (non-hydrogen) atoms. The van der Waals surface area contributed by atoms with Gasteiger partial charge in [-0.15, -0.1) is 0 Å². The Morgan fingerprint density at radius 3 is 2.67 bits per heavy atom. The van der Waals surface area contributed by atoms with Crippen LogP contribution in [0.25, 0.3) is 0 Å². The summed E-state index contributed by atoms with van der Waals surface area (Å²) < 4.78 is 0. The van der Waals surface area contributed by atoms with Gasteiger partial charge in [0.1, 0.15) is 12.1 Å². The van der Waals surface area contributed by atoms with Gasteiger partial charge in [-0.25, -0.2) is 0 Å². The minimum absolute atomic E-state index is 0.0239. The normalized spacial score (nSPS) is 32.0. The Kier molecular flexibility index (Phi) is 6.29. The maximum atomic E-state index is 12.8. The van der Waals surface area contributed by atoms with Crippen molar-refractivity contribution in [2.24, 2.45) is 5.92 Å². The molecule has 0 aromatic carbocycles. The number of carbonyl (C=O) groups is 2. The van der Waals surface area contributed by atoms with Gasteiger partial charge < -0.3 is 10.2 Å². The van der Waals surface area contributed by atoms with Crippen molar-refractivity contribution in [1.82, 2.24) is 10.2 Å². The molecule has 2 heterocycles. The van der Waals surface area contributed by atoms with Gasteiger partial charge in [-0.2, -0.15) is 23.5 Å². The second-order valence-corrected chi connectivity index (χ2v) is 8.41. The third-order valence-electron chi connectivity index (χ3n) is 4.41. The average Bonchev–Trinajstić information content (AvgIpc) is 2.51. The summed E-state index contributed by atoms with van der Waals surface area (Å²) in [5.74, 6) is 3.76. The molecule has 2 aliphatic heterocycles. The first-order chi connectivity index (χ1) is 10.1. The zero-order valence-corrected chi connectivity index (χ0v) is 14.8. The molecule has 2 fully saturated rings. The first-order valence-corrected chi connectivity index (χ1v) is 10.1. The Bertz CT molecular complexity index is 386. The van der Waals surface area contributed by atoms with E-state index >= 15 is 0 Å². The van der Waals surface area contributed by atoms with Crippen molar-refractivity contribution in [2.75, 3.05) is 23.8 Å². The molecule has 4 atom stereocenters. The highest BCUT2D eigenvalue weighted by Gasteiger charge is 2.42. The first kappa shape index (κ1) is 17.0. The maximum absolute atomic E-state index is 12.8. The van der Waals surface area contributed by atoms with Gasteiger partial charge in [-0.3, -0.25) is 9.59 Å². The van der Waals surface area contributed by atoms with Crippen LogP contribution in [0.5, 0.6) is 0 Å². The van der Waals surface area contributed by atoms with E-state index in [-0.39, 0.29) is 29.8 Å². The number of thioether (sulfide) groups is 2. The molecular formula is C15H26N2O2S2. The van der Waals surface area contributed by atoms with Crippen molar-refractivity contribution < 1.29 is 9.59 Å². The van der Waals surface area contributed by atoms with E-state index in [1.165, 1.54) is 5.75 Å². The van der Waals surface area contributed by atoms with Crippen LogP contribution >= 0.6 is 23.5 Å². The highest BCUT2D eigenvalue weighted by molar-refractivity contribution is 8.06. The van der Waals surface area contributed by atoms with Crippen LogP contribution in [0.2, 0.25) is 0 Å². The SMILES string of the molecule is CCC(C)C1NC(=O)C(CC)N(CC2CSCCS2)C1=O. The molecule has 6 heteroatoms. The van der Waals surface area contributed by atoms with Gasteiger partial charge in [0.2, 0.25) is 11.8 Å². The van der Waals surface area contributed by atoms with Gasteiger partial charge in [0.15, 0.2) is 0 Å². The fraction of sp³-hybridized carbons (Fsp3) is 0.867. The zero-order valence-electron chi connectivity index (χ0n) is 13.1. The van der Waals surface area contributed by atoms with Crippen LogP contribution in [-0.2, 0) is 9.59 Å². The summed E-state index contributed by atoms with van der Waals surface area (Å²) >= 11 is 3.90. The van der Waals surface area contributed by atoms with Gasteiger partial charge in [0.05, 0.1) is 0 Å². The smallest absolute Gasteiger partial charge is 0.246 e. The van der Waals surface area contributed by atoms with E-state index in [2.05, 4.69) is 12.2 Å². The van der Waals surface area contributed by atoms with Crippen LogP contribution in [0.4, 0.5) is 0 Å². The molecule has 2 amide bonds. The van der Waals surface area contributed by atoms with E-state index in [1.54, 1.807) is 0 Å². The van der Waals surface area contributed by atoms with Crippen LogP contribution in [0.1, 0.15) is 33.6 Å². The van der Waals surface area contributed by atoms with E-state index in [0.717, 1.165) is 24.5 Å². The molecule has 2 rings (SSSR count). The number of carbonyl (C=O) groups excluding carboxylic acids is 2. The summed E-state index contributed by atoms with van der Waals surface area (Å²) in [5.41, 5.74) is 0. The third-order valence-corrected chi connectivity index (χ3v) is 7.24. The van der Waals surface area contributed by atoms with Crippen molar-refractivity contribution in [3.05, 3.63) is 0 Å². The molecule has 0 radical (unpaired) electrons. The second-order valence-electron chi connectivity index (χ2n) is 5.85. The van der Waals surface area contributed by atoms with Crippen LogP contribution in [0.3, 0.4) is 0 Å². The Morgan fingerprint density at radius 2 is 2.10 bits per heavy atom. The molecule has 0 aliphatic carbocycles. The molecule has 0 bridgehead atoms. The minimum atomic E-state index is -0.341. The number of nitrogens with zero attached hydrogens (tertiary/aromatic N) is 1. The lowest BCUT2D eigenvalue weighted by Crippen LogP contribution is -2.65. The monoisotopic (exact) mass is 330 g/mol. The number of hydrogen-bond acceptors (Lipinski definition) is 4. The fourth-order valence-electron chi connectivity index (χ4n) is 2.89. The summed E-state index contributed by atoms with van der Waals surface area (Å²) in [5, 5.41) is 3.41. The Balaban J connectivity index is 2.11. The average molecular weight is 331 g/mol. The van der Waals surface area contributed by atoms with Crippen molar-refractivity contribution >= 4 is 35.3 Å². The molecule has 0 aromatic rings. The van der Waals surface area contributed by atoms with E-state index in [4.69, 9.17) is 0 Å². The Labute approximate surface area is 136 Å². The van der Waals surface area contributed by atoms with Crippen molar-refractivity contribution in [1.29, 1.82) is 0 Å². The van der Waals surface area contributed by atoms with E-state index in [0.29, 0.717) is 11.7 Å². The molecule has 0 spiro atoms. The number of rotatable bonds is 5. The number of hydrogen-bond donors (Lipinski definition) is 1. The molecule has 2 saturated heterocycles. The summed E-state index contributed by atoms with van der Waals surface area (Å²) in [6.45, 7) is 6.80. The molecule has 2 aliphatic rings. The summed E-state index contributed by atoms with van der Waals surface area (Å²) in [4.78, 5) is 27.0. The number of piperazine rings is 1. The highest BCUT2D eigenvalue weighted by Crippen LogP contribution is 2.27. The van der Waals surface area contributed by atoms with Gasteiger partial charge in [0.25, 0.3) is 0 Å². The van der Waals surface area contributed by atoms with E-state index < -0.39 is 0 Å². The molecule has 120 valence electrons. The summed E-state index contributed by atoms with van der Waals surface area (Å²) in [6, 6.07) is -0.628. The highest BCUT2D eigenvalue weighted by atomic mass is 32.2. The Hall–Kier alpha value is -0.360. The van der Waals surface area contributed by atoms with Crippen molar-refractivity contribution in [3.8, 4) is 0 Å². The van der Waals surface area contributed by atoms with Gasteiger partial charge in [-0.05, 0) is 12.3 Å². The lowest BCUT2D eigenvalue weighted by molar-refractivity contribution is -0.150. The standard InChI is InChI=1S/C15H26N2O2S2/c1-4-10(3)13-15(19)17(12(5-2)14(18)16-13)8-11-9-20-6-7-21-11/h10-13H,4-9H2,1-3H3,(H,16,18). The number of amides is 2. The molecule has 0 aromatic heterocycles. The zero-order chi connectivity index (χ0) is 15.4. The van der Waals surface area contributed by atoms with Crippen LogP contribution in [0, 0.1) is 5.92 Å². The lowest BCUT2D eigenvalue weighted by Gasteiger charge is -2.42. The number of nitrogens with one attached hydrogen (secondary N) is 1. The largest absolute Gasteiger partial charge is 0.342 e.